The smallest absolute Gasteiger partial charge is 0.128 e. The zero-order valence-electron chi connectivity index (χ0n) is 12.0. The highest BCUT2D eigenvalue weighted by Gasteiger charge is 2.08. The summed E-state index contributed by atoms with van der Waals surface area (Å²) in [6.07, 6.45) is 1.15. The largest absolute Gasteiger partial charge is 0.383 e. The second kappa shape index (κ2) is 9.34. The highest BCUT2D eigenvalue weighted by molar-refractivity contribution is 7.99. The molecule has 108 valence electrons. The van der Waals surface area contributed by atoms with Crippen LogP contribution in [0.1, 0.15) is 25.8 Å². The fraction of sp³-hybridized carbons (Fsp3) is 0.600. The third-order valence-corrected chi connectivity index (χ3v) is 3.95. The molecule has 19 heavy (non-hydrogen) atoms. The minimum atomic E-state index is -0.125. The minimum absolute atomic E-state index is 0.125. The lowest BCUT2D eigenvalue weighted by Gasteiger charge is -2.12. The molecule has 0 aliphatic carbocycles. The van der Waals surface area contributed by atoms with Crippen molar-refractivity contribution in [3.05, 3.63) is 29.6 Å². The number of thioether (sulfide) groups is 1. The molecule has 1 aromatic carbocycles. The maximum Gasteiger partial charge on any atom is 0.128 e. The molecule has 4 heteroatoms. The second-order valence-corrected chi connectivity index (χ2v) is 6.05. The molecule has 0 aliphatic heterocycles. The Labute approximate surface area is 120 Å². The van der Waals surface area contributed by atoms with Gasteiger partial charge in [-0.25, -0.2) is 4.39 Å². The van der Waals surface area contributed by atoms with Crippen molar-refractivity contribution in [3.63, 3.8) is 0 Å². The maximum atomic E-state index is 13.9. The van der Waals surface area contributed by atoms with Gasteiger partial charge < -0.3 is 10.1 Å². The Morgan fingerprint density at radius 1 is 1.37 bits per heavy atom. The van der Waals surface area contributed by atoms with Crippen molar-refractivity contribution >= 4 is 11.8 Å². The van der Waals surface area contributed by atoms with E-state index >= 15 is 0 Å². The van der Waals surface area contributed by atoms with Crippen LogP contribution in [-0.2, 0) is 11.3 Å². The van der Waals surface area contributed by atoms with E-state index in [2.05, 4.69) is 19.2 Å². The highest BCUT2D eigenvalue weighted by atomic mass is 32.2. The van der Waals surface area contributed by atoms with E-state index < -0.39 is 0 Å². The predicted octanol–water partition coefficient (Wildman–Crippen LogP) is 3.70. The molecule has 0 saturated heterocycles. The van der Waals surface area contributed by atoms with Gasteiger partial charge in [0.1, 0.15) is 5.82 Å². The van der Waals surface area contributed by atoms with Crippen LogP contribution < -0.4 is 5.32 Å². The molecule has 0 radical (unpaired) electrons. The Morgan fingerprint density at radius 2 is 2.16 bits per heavy atom. The van der Waals surface area contributed by atoms with Crippen LogP contribution in [-0.4, -0.2) is 26.0 Å². The standard InChI is InChI=1S/C15H24FNOS/c1-12(2)7-10-19-15-6-4-5-14(16)13(15)11-17-8-9-18-3/h4-6,12,17H,7-11H2,1-3H3. The van der Waals surface area contributed by atoms with Gasteiger partial charge in [-0.3, -0.25) is 0 Å². The predicted molar refractivity (Wildman–Crippen MR) is 80.2 cm³/mol. The quantitative estimate of drug-likeness (QED) is 0.552. The molecule has 1 N–H and O–H groups in total. The average molecular weight is 285 g/mol. The van der Waals surface area contributed by atoms with Crippen molar-refractivity contribution in [1.29, 1.82) is 0 Å². The van der Waals surface area contributed by atoms with E-state index in [0.717, 1.165) is 29.2 Å². The molecular weight excluding hydrogens is 261 g/mol. The Bertz CT molecular complexity index is 371. The Kier molecular flexibility index (Phi) is 8.10. The molecule has 1 aromatic rings. The zero-order valence-corrected chi connectivity index (χ0v) is 12.9. The van der Waals surface area contributed by atoms with Crippen LogP contribution in [0.25, 0.3) is 0 Å². The summed E-state index contributed by atoms with van der Waals surface area (Å²) in [6.45, 7) is 6.35. The lowest BCUT2D eigenvalue weighted by atomic mass is 10.2. The molecule has 0 aromatic heterocycles. The number of nitrogens with one attached hydrogen (secondary N) is 1. The van der Waals surface area contributed by atoms with Crippen LogP contribution in [0.5, 0.6) is 0 Å². The van der Waals surface area contributed by atoms with Crippen molar-refractivity contribution in [2.75, 3.05) is 26.0 Å². The SMILES string of the molecule is COCCNCc1c(F)cccc1SCCC(C)C. The van der Waals surface area contributed by atoms with Gasteiger partial charge in [0.25, 0.3) is 0 Å². The van der Waals surface area contributed by atoms with Crippen LogP contribution >= 0.6 is 11.8 Å². The van der Waals surface area contributed by atoms with Crippen molar-refractivity contribution < 1.29 is 9.13 Å². The van der Waals surface area contributed by atoms with Gasteiger partial charge in [0, 0.05) is 30.7 Å². The Balaban J connectivity index is 2.56. The van der Waals surface area contributed by atoms with Crippen molar-refractivity contribution in [3.8, 4) is 0 Å². The van der Waals surface area contributed by atoms with Crippen molar-refractivity contribution in [1.82, 2.24) is 5.32 Å². The molecule has 0 spiro atoms. The summed E-state index contributed by atoms with van der Waals surface area (Å²) < 4.78 is 18.8. The van der Waals surface area contributed by atoms with Crippen LogP contribution in [0, 0.1) is 11.7 Å². The summed E-state index contributed by atoms with van der Waals surface area (Å²) in [5.41, 5.74) is 0.771. The number of rotatable bonds is 9. The lowest BCUT2D eigenvalue weighted by Crippen LogP contribution is -2.19. The van der Waals surface area contributed by atoms with Crippen LogP contribution in [0.4, 0.5) is 4.39 Å². The monoisotopic (exact) mass is 285 g/mol. The number of hydrogen-bond donors (Lipinski definition) is 1. The fourth-order valence-electron chi connectivity index (χ4n) is 1.64. The first-order chi connectivity index (χ1) is 9.15. The van der Waals surface area contributed by atoms with E-state index in [-0.39, 0.29) is 5.82 Å². The number of halogens is 1. The highest BCUT2D eigenvalue weighted by Crippen LogP contribution is 2.26. The van der Waals surface area contributed by atoms with Gasteiger partial charge in [-0.2, -0.15) is 0 Å². The van der Waals surface area contributed by atoms with E-state index in [1.54, 1.807) is 24.9 Å². The topological polar surface area (TPSA) is 21.3 Å². The molecule has 0 unspecified atom stereocenters. The molecule has 0 fully saturated rings. The summed E-state index contributed by atoms with van der Waals surface area (Å²) in [5.74, 6) is 1.59. The van der Waals surface area contributed by atoms with Crippen molar-refractivity contribution in [2.45, 2.75) is 31.7 Å². The van der Waals surface area contributed by atoms with Gasteiger partial charge in [0.2, 0.25) is 0 Å². The Morgan fingerprint density at radius 3 is 2.84 bits per heavy atom. The summed E-state index contributed by atoms with van der Waals surface area (Å²) >= 11 is 1.74. The molecule has 0 amide bonds. The lowest BCUT2D eigenvalue weighted by molar-refractivity contribution is 0.199. The molecule has 2 nitrogen and oxygen atoms in total. The van der Waals surface area contributed by atoms with E-state index in [1.165, 1.54) is 6.07 Å². The summed E-state index contributed by atoms with van der Waals surface area (Å²) in [4.78, 5) is 1.05. The van der Waals surface area contributed by atoms with Crippen LogP contribution in [0.2, 0.25) is 0 Å². The normalized spacial score (nSPS) is 11.2. The van der Waals surface area contributed by atoms with E-state index in [1.807, 2.05) is 6.07 Å². The minimum Gasteiger partial charge on any atom is -0.383 e. The molecule has 0 saturated carbocycles. The summed E-state index contributed by atoms with van der Waals surface area (Å²) in [5, 5.41) is 3.20. The average Bonchev–Trinajstić information content (AvgIpc) is 2.36. The van der Waals surface area contributed by atoms with Gasteiger partial charge in [-0.1, -0.05) is 19.9 Å². The number of benzene rings is 1. The Hall–Kier alpha value is -0.580. The van der Waals surface area contributed by atoms with Crippen LogP contribution in [0.3, 0.4) is 0 Å². The van der Waals surface area contributed by atoms with Gasteiger partial charge in [0.05, 0.1) is 6.61 Å². The third kappa shape index (κ3) is 6.41. The molecule has 0 atom stereocenters. The number of hydrogen-bond acceptors (Lipinski definition) is 3. The zero-order chi connectivity index (χ0) is 14.1. The molecule has 0 aliphatic rings. The molecular formula is C15H24FNOS. The first-order valence-corrected chi connectivity index (χ1v) is 7.73. The van der Waals surface area contributed by atoms with Crippen molar-refractivity contribution in [2.24, 2.45) is 5.92 Å². The molecule has 1 rings (SSSR count). The summed E-state index contributed by atoms with van der Waals surface area (Å²) in [6, 6.07) is 5.31. The van der Waals surface area contributed by atoms with Gasteiger partial charge in [0.15, 0.2) is 0 Å². The first kappa shape index (κ1) is 16.5. The summed E-state index contributed by atoms with van der Waals surface area (Å²) in [7, 11) is 1.66. The van der Waals surface area contributed by atoms with E-state index in [9.17, 15) is 4.39 Å². The number of methoxy groups -OCH3 is 1. The maximum absolute atomic E-state index is 13.9. The fourth-order valence-corrected chi connectivity index (χ4v) is 2.97. The molecule has 0 bridgehead atoms. The van der Waals surface area contributed by atoms with Gasteiger partial charge >= 0.3 is 0 Å². The van der Waals surface area contributed by atoms with E-state index in [4.69, 9.17) is 4.74 Å². The molecule has 0 heterocycles. The number of ether oxygens (including phenoxy) is 1. The third-order valence-electron chi connectivity index (χ3n) is 2.81. The van der Waals surface area contributed by atoms with Gasteiger partial charge in [-0.05, 0) is 30.2 Å². The van der Waals surface area contributed by atoms with E-state index in [0.29, 0.717) is 19.1 Å². The van der Waals surface area contributed by atoms with Crippen LogP contribution in [0.15, 0.2) is 23.1 Å². The van der Waals surface area contributed by atoms with Gasteiger partial charge in [-0.15, -0.1) is 11.8 Å². The second-order valence-electron chi connectivity index (χ2n) is 4.92. The first-order valence-electron chi connectivity index (χ1n) is 6.75.